The maximum Gasteiger partial charge on any atom is 0.294 e. The Hall–Kier alpha value is -2.74. The summed E-state index contributed by atoms with van der Waals surface area (Å²) in [7, 11) is 1.53. The third kappa shape index (κ3) is 4.39. The summed E-state index contributed by atoms with van der Waals surface area (Å²) in [5.74, 6) is 0.433. The molecule has 1 aromatic rings. The van der Waals surface area contributed by atoms with Gasteiger partial charge in [0.1, 0.15) is 13.2 Å². The van der Waals surface area contributed by atoms with Crippen LogP contribution in [0.25, 0.3) is 6.08 Å². The van der Waals surface area contributed by atoms with Crippen molar-refractivity contribution in [1.29, 1.82) is 0 Å². The Kier molecular flexibility index (Phi) is 6.41. The van der Waals surface area contributed by atoms with E-state index in [1.165, 1.54) is 7.11 Å². The molecule has 2 saturated heterocycles. The summed E-state index contributed by atoms with van der Waals surface area (Å²) in [6.45, 7) is 5.12. The van der Waals surface area contributed by atoms with Gasteiger partial charge in [-0.1, -0.05) is 18.7 Å². The molecule has 0 unspecified atom stereocenters. The maximum atomic E-state index is 12.6. The summed E-state index contributed by atoms with van der Waals surface area (Å²) >= 11 is 0.835. The minimum Gasteiger partial charge on any atom is -0.493 e. The Morgan fingerprint density at radius 2 is 2.00 bits per heavy atom. The number of hydrogen-bond acceptors (Lipinski definition) is 6. The number of nitrogens with zero attached hydrogens (tertiary/aromatic N) is 2. The molecule has 0 atom stereocenters. The molecule has 28 heavy (non-hydrogen) atoms. The third-order valence-corrected chi connectivity index (χ3v) is 5.38. The molecule has 2 aliphatic heterocycles. The number of methoxy groups -OCH3 is 1. The minimum absolute atomic E-state index is 0.188. The second-order valence-electron chi connectivity index (χ2n) is 6.37. The molecule has 148 valence electrons. The lowest BCUT2D eigenvalue weighted by Crippen LogP contribution is -2.40. The van der Waals surface area contributed by atoms with E-state index in [-0.39, 0.29) is 17.4 Å². The minimum atomic E-state index is -0.450. The van der Waals surface area contributed by atoms with Gasteiger partial charge in [0.15, 0.2) is 11.5 Å². The molecule has 3 amide bonds. The van der Waals surface area contributed by atoms with Crippen molar-refractivity contribution in [3.05, 3.63) is 41.3 Å². The van der Waals surface area contributed by atoms with Crippen LogP contribution in [0.5, 0.6) is 11.5 Å². The van der Waals surface area contributed by atoms with Crippen LogP contribution >= 0.6 is 11.8 Å². The molecule has 0 spiro atoms. The van der Waals surface area contributed by atoms with Crippen LogP contribution in [-0.2, 0) is 9.59 Å². The number of carbonyl (C=O) groups excluding carboxylic acids is 3. The van der Waals surface area contributed by atoms with Gasteiger partial charge in [0.25, 0.3) is 11.1 Å². The number of ether oxygens (including phenoxy) is 2. The number of thioether (sulfide) groups is 1. The molecule has 0 bridgehead atoms. The molecule has 0 saturated carbocycles. The van der Waals surface area contributed by atoms with Crippen LogP contribution in [0.4, 0.5) is 4.79 Å². The Labute approximate surface area is 168 Å². The van der Waals surface area contributed by atoms with Crippen LogP contribution in [0, 0.1) is 0 Å². The second kappa shape index (κ2) is 8.97. The lowest BCUT2D eigenvalue weighted by molar-refractivity contribution is -0.135. The molecule has 0 aliphatic carbocycles. The molecule has 2 fully saturated rings. The van der Waals surface area contributed by atoms with Crippen LogP contribution < -0.4 is 9.47 Å². The average molecular weight is 402 g/mol. The van der Waals surface area contributed by atoms with Gasteiger partial charge in [-0.2, -0.15) is 0 Å². The molecule has 0 radical (unpaired) electrons. The zero-order chi connectivity index (χ0) is 20.1. The van der Waals surface area contributed by atoms with Crippen LogP contribution in [0.2, 0.25) is 0 Å². The highest BCUT2D eigenvalue weighted by atomic mass is 32.2. The summed E-state index contributed by atoms with van der Waals surface area (Å²) in [5.41, 5.74) is 0.694. The van der Waals surface area contributed by atoms with Gasteiger partial charge in [-0.15, -0.1) is 0 Å². The van der Waals surface area contributed by atoms with Crippen LogP contribution in [-0.4, -0.2) is 60.2 Å². The smallest absolute Gasteiger partial charge is 0.294 e. The molecule has 1 aromatic carbocycles. The van der Waals surface area contributed by atoms with E-state index in [4.69, 9.17) is 9.47 Å². The molecular formula is C20H22N2O5S. The number of rotatable bonds is 7. The van der Waals surface area contributed by atoms with E-state index in [2.05, 4.69) is 6.58 Å². The highest BCUT2D eigenvalue weighted by Crippen LogP contribution is 2.34. The molecule has 0 aromatic heterocycles. The van der Waals surface area contributed by atoms with Crippen LogP contribution in [0.1, 0.15) is 18.4 Å². The van der Waals surface area contributed by atoms with E-state index in [0.717, 1.165) is 29.5 Å². The first-order valence-electron chi connectivity index (χ1n) is 8.98. The summed E-state index contributed by atoms with van der Waals surface area (Å²) in [5, 5.41) is -0.429. The Bertz CT molecular complexity index is 830. The van der Waals surface area contributed by atoms with Crippen molar-refractivity contribution in [3.8, 4) is 11.5 Å². The fourth-order valence-corrected chi connectivity index (χ4v) is 3.87. The van der Waals surface area contributed by atoms with Crippen molar-refractivity contribution < 1.29 is 23.9 Å². The lowest BCUT2D eigenvalue weighted by atomic mass is 10.2. The van der Waals surface area contributed by atoms with Gasteiger partial charge < -0.3 is 14.4 Å². The molecule has 2 aliphatic rings. The quantitative estimate of drug-likeness (QED) is 0.516. The number of benzene rings is 1. The highest BCUT2D eigenvalue weighted by Gasteiger charge is 2.37. The van der Waals surface area contributed by atoms with Gasteiger partial charge in [0, 0.05) is 13.1 Å². The highest BCUT2D eigenvalue weighted by molar-refractivity contribution is 8.18. The van der Waals surface area contributed by atoms with Crippen molar-refractivity contribution in [2.75, 3.05) is 33.4 Å². The second-order valence-corrected chi connectivity index (χ2v) is 7.36. The predicted octanol–water partition coefficient (Wildman–Crippen LogP) is 2.92. The SMILES string of the molecule is C=CCOc1ccc(/C=C2/SC(=O)N(CC(=O)N3CCCC3)C2=O)cc1OC. The van der Waals surface area contributed by atoms with E-state index in [1.807, 2.05) is 0 Å². The first-order chi connectivity index (χ1) is 13.5. The maximum absolute atomic E-state index is 12.6. The van der Waals surface area contributed by atoms with Gasteiger partial charge in [-0.25, -0.2) is 0 Å². The topological polar surface area (TPSA) is 76.2 Å². The largest absolute Gasteiger partial charge is 0.493 e. The number of likely N-dealkylation sites (tertiary alicyclic amines) is 1. The van der Waals surface area contributed by atoms with E-state index < -0.39 is 11.1 Å². The van der Waals surface area contributed by atoms with E-state index in [1.54, 1.807) is 35.3 Å². The Morgan fingerprint density at radius 3 is 2.68 bits per heavy atom. The lowest BCUT2D eigenvalue weighted by Gasteiger charge is -2.18. The fraction of sp³-hybridized carbons (Fsp3) is 0.350. The first kappa shape index (κ1) is 20.0. The molecule has 0 N–H and O–H groups in total. The van der Waals surface area contributed by atoms with Crippen molar-refractivity contribution in [1.82, 2.24) is 9.80 Å². The summed E-state index contributed by atoms with van der Waals surface area (Å²) in [6, 6.07) is 5.22. The fourth-order valence-electron chi connectivity index (χ4n) is 3.03. The summed E-state index contributed by atoms with van der Waals surface area (Å²) in [4.78, 5) is 40.1. The zero-order valence-electron chi connectivity index (χ0n) is 15.7. The average Bonchev–Trinajstić information content (AvgIpc) is 3.32. The molecule has 8 heteroatoms. The summed E-state index contributed by atoms with van der Waals surface area (Å²) in [6.07, 6.45) is 5.17. The van der Waals surface area contributed by atoms with Gasteiger partial charge in [-0.3, -0.25) is 19.3 Å². The number of amides is 3. The zero-order valence-corrected chi connectivity index (χ0v) is 16.5. The van der Waals surface area contributed by atoms with Gasteiger partial charge in [-0.05, 0) is 48.4 Å². The molecular weight excluding hydrogens is 380 g/mol. The first-order valence-corrected chi connectivity index (χ1v) is 9.80. The van der Waals surface area contributed by atoms with E-state index >= 15 is 0 Å². The third-order valence-electron chi connectivity index (χ3n) is 4.47. The van der Waals surface area contributed by atoms with Crippen molar-refractivity contribution >= 4 is 34.9 Å². The molecule has 7 nitrogen and oxygen atoms in total. The molecule has 3 rings (SSSR count). The number of hydrogen-bond donors (Lipinski definition) is 0. The Balaban J connectivity index is 1.73. The molecule has 2 heterocycles. The van der Waals surface area contributed by atoms with E-state index in [0.29, 0.717) is 36.8 Å². The van der Waals surface area contributed by atoms with Crippen molar-refractivity contribution in [2.24, 2.45) is 0 Å². The summed E-state index contributed by atoms with van der Waals surface area (Å²) < 4.78 is 10.8. The normalized spacial score (nSPS) is 18.1. The van der Waals surface area contributed by atoms with Crippen molar-refractivity contribution in [3.63, 3.8) is 0 Å². The van der Waals surface area contributed by atoms with Gasteiger partial charge in [0.05, 0.1) is 12.0 Å². The number of imide groups is 1. The van der Waals surface area contributed by atoms with E-state index in [9.17, 15) is 14.4 Å². The standard InChI is InChI=1S/C20H22N2O5S/c1-3-10-27-15-7-6-14(11-16(15)26-2)12-17-19(24)22(20(25)28-17)13-18(23)21-8-4-5-9-21/h3,6-7,11-12H,1,4-5,8-10,13H2,2H3/b17-12+. The predicted molar refractivity (Wildman–Crippen MR) is 107 cm³/mol. The van der Waals surface area contributed by atoms with Crippen LogP contribution in [0.15, 0.2) is 35.8 Å². The number of carbonyl (C=O) groups is 3. The Morgan fingerprint density at radius 1 is 1.25 bits per heavy atom. The van der Waals surface area contributed by atoms with Crippen molar-refractivity contribution in [2.45, 2.75) is 12.8 Å². The van der Waals surface area contributed by atoms with Crippen LogP contribution in [0.3, 0.4) is 0 Å². The van der Waals surface area contributed by atoms with Gasteiger partial charge >= 0.3 is 0 Å². The monoisotopic (exact) mass is 402 g/mol. The van der Waals surface area contributed by atoms with Gasteiger partial charge in [0.2, 0.25) is 5.91 Å².